The van der Waals surface area contributed by atoms with Crippen LogP contribution in [-0.4, -0.2) is 21.4 Å². The minimum absolute atomic E-state index is 0.181. The van der Waals surface area contributed by atoms with Crippen molar-refractivity contribution in [2.45, 2.75) is 66.2 Å². The zero-order chi connectivity index (χ0) is 27.6. The predicted molar refractivity (Wildman–Crippen MR) is 165 cm³/mol. The smallest absolute Gasteiger partial charge is 0.160 e. The SMILES string of the molecule is CC=Nc1cc(Nc2nnc(C(C)c3ccccc3)c3c2=CCCC=3)cnc1C.CCC1=CCC=CC=C1C. The molecule has 2 aromatic heterocycles. The van der Waals surface area contributed by atoms with Gasteiger partial charge in [0, 0.05) is 22.6 Å². The van der Waals surface area contributed by atoms with Gasteiger partial charge in [0.25, 0.3) is 0 Å². The van der Waals surface area contributed by atoms with Crippen molar-refractivity contribution in [3.63, 3.8) is 0 Å². The van der Waals surface area contributed by atoms with Crippen LogP contribution in [0.4, 0.5) is 17.2 Å². The molecule has 2 aliphatic rings. The first kappa shape index (κ1) is 27.9. The molecular formula is C34H39N5. The minimum Gasteiger partial charge on any atom is -0.337 e. The van der Waals surface area contributed by atoms with Crippen LogP contribution in [0.2, 0.25) is 0 Å². The quantitative estimate of drug-likeness (QED) is 0.347. The standard InChI is InChI=1S/C24H25N5.C10H14/c1-4-25-22-14-19(15-26-17(22)3)27-24-21-13-9-8-12-20(21)23(28-29-24)16(2)18-10-6-5-7-11-18;1-3-10-8-6-4-5-7-9(10)2/h4-7,10-16H,8-9H2,1-3H3,(H,27,29);4-5,7-8H,3,6H2,1-2H3. The summed E-state index contributed by atoms with van der Waals surface area (Å²) in [7, 11) is 0. The monoisotopic (exact) mass is 517 g/mol. The molecule has 0 saturated heterocycles. The molecule has 0 bridgehead atoms. The lowest BCUT2D eigenvalue weighted by Crippen LogP contribution is -2.36. The molecule has 2 heterocycles. The first-order valence-corrected chi connectivity index (χ1v) is 13.9. The number of nitrogens with one attached hydrogen (secondary N) is 1. The van der Waals surface area contributed by atoms with Crippen molar-refractivity contribution in [2.75, 3.05) is 5.32 Å². The van der Waals surface area contributed by atoms with Gasteiger partial charge >= 0.3 is 0 Å². The van der Waals surface area contributed by atoms with Crippen LogP contribution in [0.3, 0.4) is 0 Å². The summed E-state index contributed by atoms with van der Waals surface area (Å²) in [6.45, 7) is 10.4. The highest BCUT2D eigenvalue weighted by Gasteiger charge is 2.16. The third-order valence-corrected chi connectivity index (χ3v) is 7.11. The number of hydrogen-bond donors (Lipinski definition) is 1. The predicted octanol–water partition coefficient (Wildman–Crippen LogP) is 7.38. The van der Waals surface area contributed by atoms with Crippen LogP contribution < -0.4 is 15.8 Å². The number of hydrogen-bond acceptors (Lipinski definition) is 5. The zero-order valence-electron chi connectivity index (χ0n) is 23.8. The summed E-state index contributed by atoms with van der Waals surface area (Å²) in [6.07, 6.45) is 21.2. The maximum Gasteiger partial charge on any atom is 0.160 e. The van der Waals surface area contributed by atoms with E-state index < -0.39 is 0 Å². The summed E-state index contributed by atoms with van der Waals surface area (Å²) in [4.78, 5) is 8.84. The van der Waals surface area contributed by atoms with E-state index in [-0.39, 0.29) is 5.92 Å². The Kier molecular flexibility index (Phi) is 9.74. The number of benzene rings is 1. The molecule has 0 spiro atoms. The van der Waals surface area contributed by atoms with E-state index in [0.717, 1.165) is 59.5 Å². The van der Waals surface area contributed by atoms with Crippen LogP contribution >= 0.6 is 0 Å². The Labute approximate surface area is 232 Å². The molecule has 0 saturated carbocycles. The number of fused-ring (bicyclic) bond motifs is 1. The van der Waals surface area contributed by atoms with Gasteiger partial charge in [0.15, 0.2) is 5.82 Å². The fraction of sp³-hybridized carbons (Fsp3) is 0.294. The molecule has 39 heavy (non-hydrogen) atoms. The molecule has 3 aromatic rings. The summed E-state index contributed by atoms with van der Waals surface area (Å²) in [5, 5.41) is 14.9. The second kappa shape index (κ2) is 13.6. The summed E-state index contributed by atoms with van der Waals surface area (Å²) in [5.74, 6) is 0.942. The van der Waals surface area contributed by atoms with Crippen molar-refractivity contribution in [2.24, 2.45) is 4.99 Å². The van der Waals surface area contributed by atoms with Crippen LogP contribution in [0.25, 0.3) is 12.2 Å². The average molecular weight is 518 g/mol. The molecule has 1 unspecified atom stereocenters. The molecule has 0 radical (unpaired) electrons. The van der Waals surface area contributed by atoms with Gasteiger partial charge in [-0.2, -0.15) is 5.10 Å². The van der Waals surface area contributed by atoms with Crippen molar-refractivity contribution < 1.29 is 0 Å². The second-order valence-electron chi connectivity index (χ2n) is 9.82. The van der Waals surface area contributed by atoms with Crippen molar-refractivity contribution in [3.05, 3.63) is 105 Å². The fourth-order valence-electron chi connectivity index (χ4n) is 4.85. The van der Waals surface area contributed by atoms with E-state index in [0.29, 0.717) is 0 Å². The Morgan fingerprint density at radius 1 is 1.03 bits per heavy atom. The van der Waals surface area contributed by atoms with Crippen molar-refractivity contribution in [1.82, 2.24) is 15.2 Å². The van der Waals surface area contributed by atoms with Gasteiger partial charge in [-0.1, -0.05) is 80.6 Å². The lowest BCUT2D eigenvalue weighted by molar-refractivity contribution is 0.806. The van der Waals surface area contributed by atoms with E-state index in [2.05, 4.69) is 107 Å². The lowest BCUT2D eigenvalue weighted by atomic mass is 9.94. The van der Waals surface area contributed by atoms with Crippen molar-refractivity contribution >= 4 is 35.6 Å². The van der Waals surface area contributed by atoms with Gasteiger partial charge in [-0.3, -0.25) is 9.98 Å². The third kappa shape index (κ3) is 7.05. The van der Waals surface area contributed by atoms with Gasteiger partial charge in [-0.25, -0.2) is 0 Å². The number of allylic oxidation sites excluding steroid dienone is 6. The largest absolute Gasteiger partial charge is 0.337 e. The molecule has 2 aliphatic carbocycles. The molecule has 1 N–H and O–H groups in total. The van der Waals surface area contributed by atoms with Crippen LogP contribution in [-0.2, 0) is 0 Å². The first-order chi connectivity index (χ1) is 19.0. The molecule has 5 rings (SSSR count). The minimum atomic E-state index is 0.181. The van der Waals surface area contributed by atoms with Crippen LogP contribution in [0.5, 0.6) is 0 Å². The van der Waals surface area contributed by atoms with Gasteiger partial charge in [0.05, 0.1) is 29.0 Å². The molecule has 200 valence electrons. The van der Waals surface area contributed by atoms with Gasteiger partial charge in [0.2, 0.25) is 0 Å². The highest BCUT2D eigenvalue weighted by molar-refractivity contribution is 5.67. The van der Waals surface area contributed by atoms with Crippen molar-refractivity contribution in [1.29, 1.82) is 0 Å². The number of aliphatic imine (C=N–C) groups is 1. The Balaban J connectivity index is 0.000000298. The van der Waals surface area contributed by atoms with E-state index in [9.17, 15) is 0 Å². The number of aryl methyl sites for hydroxylation is 1. The Morgan fingerprint density at radius 3 is 2.54 bits per heavy atom. The van der Waals surface area contributed by atoms with Gasteiger partial charge in [-0.15, -0.1) is 5.10 Å². The van der Waals surface area contributed by atoms with Crippen LogP contribution in [0, 0.1) is 6.92 Å². The molecule has 0 amide bonds. The van der Waals surface area contributed by atoms with Gasteiger partial charge < -0.3 is 5.32 Å². The fourth-order valence-corrected chi connectivity index (χ4v) is 4.85. The summed E-state index contributed by atoms with van der Waals surface area (Å²) < 4.78 is 0. The number of pyridine rings is 1. The summed E-state index contributed by atoms with van der Waals surface area (Å²) in [6, 6.07) is 12.5. The summed E-state index contributed by atoms with van der Waals surface area (Å²) in [5.41, 5.74) is 7.77. The van der Waals surface area contributed by atoms with E-state index in [4.69, 9.17) is 0 Å². The molecule has 0 aliphatic heterocycles. The lowest BCUT2D eigenvalue weighted by Gasteiger charge is -2.16. The number of anilines is 2. The topological polar surface area (TPSA) is 63.1 Å². The molecule has 5 nitrogen and oxygen atoms in total. The van der Waals surface area contributed by atoms with Crippen LogP contribution in [0.15, 0.2) is 83.0 Å². The van der Waals surface area contributed by atoms with Crippen molar-refractivity contribution in [3.8, 4) is 0 Å². The van der Waals surface area contributed by atoms with E-state index in [1.54, 1.807) is 6.21 Å². The first-order valence-electron chi connectivity index (χ1n) is 13.9. The van der Waals surface area contributed by atoms with E-state index in [1.807, 2.05) is 32.2 Å². The molecule has 1 aromatic carbocycles. The maximum atomic E-state index is 4.63. The Morgan fingerprint density at radius 2 is 1.79 bits per heavy atom. The Hall–Kier alpha value is -4.12. The van der Waals surface area contributed by atoms with Gasteiger partial charge in [-0.05, 0) is 69.2 Å². The Bertz CT molecular complexity index is 1530. The number of aromatic nitrogens is 3. The highest BCUT2D eigenvalue weighted by Crippen LogP contribution is 2.23. The molecule has 5 heteroatoms. The summed E-state index contributed by atoms with van der Waals surface area (Å²) >= 11 is 0. The third-order valence-electron chi connectivity index (χ3n) is 7.11. The van der Waals surface area contributed by atoms with Gasteiger partial charge in [0.1, 0.15) is 0 Å². The number of nitrogens with zero attached hydrogens (tertiary/aromatic N) is 4. The second-order valence-corrected chi connectivity index (χ2v) is 9.82. The highest BCUT2D eigenvalue weighted by atomic mass is 15.2. The molecule has 1 atom stereocenters. The van der Waals surface area contributed by atoms with E-state index >= 15 is 0 Å². The average Bonchev–Trinajstić information content (AvgIpc) is 3.19. The zero-order valence-corrected chi connectivity index (χ0v) is 23.8. The van der Waals surface area contributed by atoms with Crippen LogP contribution in [0.1, 0.15) is 76.2 Å². The van der Waals surface area contributed by atoms with E-state index in [1.165, 1.54) is 21.9 Å². The number of rotatable bonds is 6. The normalized spacial score (nSPS) is 15.0. The molecule has 0 fully saturated rings. The maximum absolute atomic E-state index is 4.63. The molecular weight excluding hydrogens is 478 g/mol.